The van der Waals surface area contributed by atoms with Gasteiger partial charge in [-0.05, 0) is 31.0 Å². The highest BCUT2D eigenvalue weighted by molar-refractivity contribution is 5.99. The Balaban J connectivity index is 1.94. The minimum atomic E-state index is -1.07. The molecule has 5 heteroatoms. The van der Waals surface area contributed by atoms with Gasteiger partial charge < -0.3 is 5.32 Å². The van der Waals surface area contributed by atoms with Gasteiger partial charge in [0.15, 0.2) is 17.4 Å². The van der Waals surface area contributed by atoms with E-state index >= 15 is 0 Å². The number of hydrogen-bond donors (Lipinski definition) is 1. The first-order valence-corrected chi connectivity index (χ1v) is 5.34. The predicted molar refractivity (Wildman–Crippen MR) is 56.4 cm³/mol. The molecule has 0 heterocycles. The lowest BCUT2D eigenvalue weighted by Crippen LogP contribution is -2.30. The number of nitrogens with one attached hydrogen (secondary N) is 1. The molecule has 3 nitrogen and oxygen atoms in total. The highest BCUT2D eigenvalue weighted by Crippen LogP contribution is 2.28. The average Bonchev–Trinajstić information content (AvgIpc) is 3.13. The summed E-state index contributed by atoms with van der Waals surface area (Å²) in [7, 11) is 0. The molecule has 1 N–H and O–H groups in total. The van der Waals surface area contributed by atoms with Crippen molar-refractivity contribution in [1.29, 1.82) is 0 Å². The van der Waals surface area contributed by atoms with E-state index in [2.05, 4.69) is 5.32 Å². The third kappa shape index (κ3) is 2.87. The monoisotopic (exact) mass is 239 g/mol. The van der Waals surface area contributed by atoms with E-state index in [0.29, 0.717) is 0 Å². The van der Waals surface area contributed by atoms with Crippen LogP contribution in [0.5, 0.6) is 0 Å². The molecule has 0 spiro atoms. The molecule has 0 saturated heterocycles. The summed E-state index contributed by atoms with van der Waals surface area (Å²) >= 11 is 0. The van der Waals surface area contributed by atoms with Crippen molar-refractivity contribution in [1.82, 2.24) is 5.32 Å². The zero-order valence-electron chi connectivity index (χ0n) is 9.00. The van der Waals surface area contributed by atoms with Gasteiger partial charge in [0.05, 0.1) is 6.54 Å². The Labute approximate surface area is 96.8 Å². The molecule has 1 amide bonds. The molecule has 1 saturated carbocycles. The first kappa shape index (κ1) is 11.7. The normalized spacial score (nSPS) is 14.5. The molecule has 90 valence electrons. The van der Waals surface area contributed by atoms with E-state index in [1.54, 1.807) is 0 Å². The zero-order valence-corrected chi connectivity index (χ0v) is 9.00. The molecule has 1 aliphatic rings. The van der Waals surface area contributed by atoms with Gasteiger partial charge in [0.2, 0.25) is 5.91 Å². The smallest absolute Gasteiger partial charge is 0.223 e. The number of halogens is 2. The van der Waals surface area contributed by atoms with Crippen LogP contribution in [0.4, 0.5) is 8.78 Å². The van der Waals surface area contributed by atoms with Crippen LogP contribution < -0.4 is 5.32 Å². The molecule has 0 aliphatic heterocycles. The van der Waals surface area contributed by atoms with Crippen molar-refractivity contribution in [2.45, 2.75) is 12.8 Å². The van der Waals surface area contributed by atoms with E-state index in [0.717, 1.165) is 25.0 Å². The van der Waals surface area contributed by atoms with Crippen LogP contribution in [0.15, 0.2) is 18.2 Å². The lowest BCUT2D eigenvalue weighted by atomic mass is 10.1. The molecule has 0 unspecified atom stereocenters. The lowest BCUT2D eigenvalue weighted by Gasteiger charge is -2.04. The summed E-state index contributed by atoms with van der Waals surface area (Å²) in [5.74, 6) is -2.63. The molecule has 0 radical (unpaired) electrons. The summed E-state index contributed by atoms with van der Waals surface area (Å²) in [6.45, 7) is -0.180. The second-order valence-corrected chi connectivity index (χ2v) is 4.04. The minimum Gasteiger partial charge on any atom is -0.348 e. The van der Waals surface area contributed by atoms with Crippen LogP contribution in [0, 0.1) is 17.6 Å². The fraction of sp³-hybridized carbons (Fsp3) is 0.333. The van der Waals surface area contributed by atoms with Crippen LogP contribution in [0.1, 0.15) is 23.2 Å². The number of rotatable bonds is 4. The van der Waals surface area contributed by atoms with Gasteiger partial charge in [0.25, 0.3) is 0 Å². The van der Waals surface area contributed by atoms with E-state index in [9.17, 15) is 18.4 Å². The third-order valence-corrected chi connectivity index (χ3v) is 2.61. The summed E-state index contributed by atoms with van der Waals surface area (Å²) in [5.41, 5.74) is 0.0556. The number of carbonyl (C=O) groups is 2. The second kappa shape index (κ2) is 4.61. The second-order valence-electron chi connectivity index (χ2n) is 4.04. The minimum absolute atomic E-state index is 0.0211. The van der Waals surface area contributed by atoms with Gasteiger partial charge in [0.1, 0.15) is 0 Å². The number of carbonyl (C=O) groups excluding carboxylic acids is 2. The van der Waals surface area contributed by atoms with Gasteiger partial charge in [-0.15, -0.1) is 0 Å². The van der Waals surface area contributed by atoms with Crippen LogP contribution in [-0.2, 0) is 4.79 Å². The molecule has 1 fully saturated rings. The van der Waals surface area contributed by atoms with Gasteiger partial charge in [0, 0.05) is 11.5 Å². The maximum absolute atomic E-state index is 12.9. The Morgan fingerprint density at radius 1 is 1.24 bits per heavy atom. The Hall–Kier alpha value is -1.78. The molecule has 1 aromatic rings. The topological polar surface area (TPSA) is 46.2 Å². The number of hydrogen-bond acceptors (Lipinski definition) is 2. The maximum atomic E-state index is 12.9. The first-order valence-electron chi connectivity index (χ1n) is 5.34. The first-order chi connectivity index (χ1) is 8.08. The fourth-order valence-corrected chi connectivity index (χ4v) is 1.43. The van der Waals surface area contributed by atoms with E-state index in [1.807, 2.05) is 0 Å². The molecular formula is C12H11F2NO2. The molecule has 1 aromatic carbocycles. The van der Waals surface area contributed by atoms with Crippen molar-refractivity contribution >= 4 is 11.7 Å². The summed E-state index contributed by atoms with van der Waals surface area (Å²) in [6, 6.07) is 2.93. The maximum Gasteiger partial charge on any atom is 0.223 e. The Kier molecular flexibility index (Phi) is 3.17. The Morgan fingerprint density at radius 3 is 2.53 bits per heavy atom. The van der Waals surface area contributed by atoms with E-state index in [4.69, 9.17) is 0 Å². The van der Waals surface area contributed by atoms with E-state index < -0.39 is 17.4 Å². The Bertz CT molecular complexity index is 470. The lowest BCUT2D eigenvalue weighted by molar-refractivity contribution is -0.122. The van der Waals surface area contributed by atoms with E-state index in [-0.39, 0.29) is 23.9 Å². The average molecular weight is 239 g/mol. The predicted octanol–water partition coefficient (Wildman–Crippen LogP) is 1.67. The highest BCUT2D eigenvalue weighted by atomic mass is 19.2. The molecular weight excluding hydrogens is 228 g/mol. The molecule has 0 atom stereocenters. The van der Waals surface area contributed by atoms with Crippen molar-refractivity contribution in [3.63, 3.8) is 0 Å². The van der Waals surface area contributed by atoms with E-state index in [1.165, 1.54) is 6.07 Å². The molecule has 0 aromatic heterocycles. The van der Waals surface area contributed by atoms with Crippen molar-refractivity contribution in [3.05, 3.63) is 35.4 Å². The van der Waals surface area contributed by atoms with Crippen LogP contribution in [-0.4, -0.2) is 18.2 Å². The number of amides is 1. The fourth-order valence-electron chi connectivity index (χ4n) is 1.43. The molecule has 1 aliphatic carbocycles. The van der Waals surface area contributed by atoms with Crippen molar-refractivity contribution < 1.29 is 18.4 Å². The highest BCUT2D eigenvalue weighted by Gasteiger charge is 2.29. The van der Waals surface area contributed by atoms with Gasteiger partial charge in [-0.3, -0.25) is 9.59 Å². The summed E-state index contributed by atoms with van der Waals surface area (Å²) in [6.07, 6.45) is 1.70. The summed E-state index contributed by atoms with van der Waals surface area (Å²) < 4.78 is 25.5. The quantitative estimate of drug-likeness (QED) is 0.812. The number of Topliss-reactive ketones (excluding diaryl/α,β-unsaturated/α-hetero) is 1. The van der Waals surface area contributed by atoms with Crippen LogP contribution in [0.25, 0.3) is 0 Å². The standard InChI is InChI=1S/C12H11F2NO2/c13-9-4-3-8(5-10(9)14)11(16)6-15-12(17)7-1-2-7/h3-5,7H,1-2,6H2,(H,15,17). The largest absolute Gasteiger partial charge is 0.348 e. The zero-order chi connectivity index (χ0) is 12.4. The number of benzene rings is 1. The number of ketones is 1. The van der Waals surface area contributed by atoms with Gasteiger partial charge in [-0.25, -0.2) is 8.78 Å². The van der Waals surface area contributed by atoms with Gasteiger partial charge in [-0.1, -0.05) is 0 Å². The molecule has 2 rings (SSSR count). The SMILES string of the molecule is O=C(CNC(=O)C1CC1)c1ccc(F)c(F)c1. The molecule has 0 bridgehead atoms. The van der Waals surface area contributed by atoms with Crippen LogP contribution in [0.2, 0.25) is 0 Å². The van der Waals surface area contributed by atoms with Crippen LogP contribution >= 0.6 is 0 Å². The van der Waals surface area contributed by atoms with Gasteiger partial charge >= 0.3 is 0 Å². The van der Waals surface area contributed by atoms with Crippen molar-refractivity contribution in [3.8, 4) is 0 Å². The molecule has 17 heavy (non-hydrogen) atoms. The van der Waals surface area contributed by atoms with Crippen molar-refractivity contribution in [2.75, 3.05) is 6.54 Å². The third-order valence-electron chi connectivity index (χ3n) is 2.61. The summed E-state index contributed by atoms with van der Waals surface area (Å²) in [4.78, 5) is 22.8. The Morgan fingerprint density at radius 2 is 1.94 bits per heavy atom. The van der Waals surface area contributed by atoms with Gasteiger partial charge in [-0.2, -0.15) is 0 Å². The van der Waals surface area contributed by atoms with Crippen molar-refractivity contribution in [2.24, 2.45) is 5.92 Å². The van der Waals surface area contributed by atoms with Crippen LogP contribution in [0.3, 0.4) is 0 Å². The summed E-state index contributed by atoms with van der Waals surface area (Å²) in [5, 5.41) is 2.47.